The van der Waals surface area contributed by atoms with Gasteiger partial charge < -0.3 is 0 Å². The van der Waals surface area contributed by atoms with Crippen molar-refractivity contribution in [1.29, 1.82) is 0 Å². The number of hydrogen-bond donors (Lipinski definition) is 0. The molecule has 0 aromatic rings. The van der Waals surface area contributed by atoms with Crippen LogP contribution in [0, 0.1) is 6.17 Å². The molecule has 0 bridgehead atoms. The average Bonchev–Trinajstić information content (AvgIpc) is 1.79. The highest BCUT2D eigenvalue weighted by Gasteiger charge is 2.36. The van der Waals surface area contributed by atoms with E-state index in [0.29, 0.717) is 6.42 Å². The van der Waals surface area contributed by atoms with Crippen LogP contribution < -0.4 is 0 Å². The van der Waals surface area contributed by atoms with Crippen molar-refractivity contribution in [3.63, 3.8) is 0 Å². The van der Waals surface area contributed by atoms with Gasteiger partial charge in [-0.05, 0) is 0 Å². The van der Waals surface area contributed by atoms with Crippen LogP contribution in [0.25, 0.3) is 0 Å². The molecule has 0 aliphatic heterocycles. The Kier molecular flexibility index (Phi) is 0.573. The van der Waals surface area contributed by atoms with E-state index in [1.54, 1.807) is 0 Å². The fraction of sp³-hybridized carbons (Fsp3) is 0.667. The summed E-state index contributed by atoms with van der Waals surface area (Å²) in [5.41, 5.74) is 0. The normalized spacial score (nSPS) is 38.4. The van der Waals surface area contributed by atoms with Gasteiger partial charge in [-0.3, -0.25) is 0 Å². The number of alkyl halides is 1. The van der Waals surface area contributed by atoms with Gasteiger partial charge in [-0.15, -0.1) is 11.6 Å². The second-order valence-corrected chi connectivity index (χ2v) is 1.65. The fourth-order valence-electron chi connectivity index (χ4n) is 0.112. The average molecular weight is 93.5 g/mol. The molecule has 0 aromatic carbocycles. The van der Waals surface area contributed by atoms with E-state index in [9.17, 15) is 4.39 Å². The van der Waals surface area contributed by atoms with Crippen LogP contribution >= 0.6 is 11.6 Å². The molecule has 0 N–H and O–H groups in total. The highest BCUT2D eigenvalue weighted by Crippen LogP contribution is 2.39. The molecule has 0 aromatic heterocycles. The zero-order valence-corrected chi connectivity index (χ0v) is 3.30. The van der Waals surface area contributed by atoms with Crippen LogP contribution in [-0.4, -0.2) is 5.38 Å². The van der Waals surface area contributed by atoms with E-state index in [0.717, 1.165) is 0 Å². The van der Waals surface area contributed by atoms with Crippen LogP contribution in [0.4, 0.5) is 4.39 Å². The summed E-state index contributed by atoms with van der Waals surface area (Å²) in [6.07, 6.45) is 0.424. The number of hydrogen-bond acceptors (Lipinski definition) is 0. The predicted molar refractivity (Wildman–Crippen MR) is 18.6 cm³/mol. The number of halogens is 2. The largest absolute Gasteiger partial charge is 0.239 e. The second kappa shape index (κ2) is 0.839. The topological polar surface area (TPSA) is 0 Å². The maximum Gasteiger partial charge on any atom is 0.164 e. The Hall–Kier alpha value is 0.220. The first kappa shape index (κ1) is 3.41. The summed E-state index contributed by atoms with van der Waals surface area (Å²) in [5, 5.41) is -0.227. The molecule has 0 amide bonds. The van der Waals surface area contributed by atoms with Crippen molar-refractivity contribution in [2.75, 3.05) is 0 Å². The highest BCUT2D eigenvalue weighted by molar-refractivity contribution is 6.24. The quantitative estimate of drug-likeness (QED) is 0.398. The van der Waals surface area contributed by atoms with Crippen molar-refractivity contribution in [2.45, 2.75) is 11.8 Å². The van der Waals surface area contributed by atoms with Gasteiger partial charge in [-0.2, -0.15) is 0 Å². The maximum atomic E-state index is 11.3. The summed E-state index contributed by atoms with van der Waals surface area (Å²) < 4.78 is 11.3. The van der Waals surface area contributed by atoms with Gasteiger partial charge in [0, 0.05) is 6.42 Å². The lowest BCUT2D eigenvalue weighted by Gasteiger charge is -1.59. The summed E-state index contributed by atoms with van der Waals surface area (Å²) in [6.45, 7) is 0. The molecule has 1 radical (unpaired) electrons. The molecule has 2 heteroatoms. The number of rotatable bonds is 0. The molecular formula is C3H3ClF. The van der Waals surface area contributed by atoms with E-state index in [2.05, 4.69) is 0 Å². The Bertz CT molecular complexity index is 40.2. The second-order valence-electron chi connectivity index (χ2n) is 1.12. The van der Waals surface area contributed by atoms with Gasteiger partial charge in [0.15, 0.2) is 6.17 Å². The molecule has 1 saturated carbocycles. The van der Waals surface area contributed by atoms with Crippen LogP contribution in [-0.2, 0) is 0 Å². The Morgan fingerprint density at radius 2 is 2.20 bits per heavy atom. The smallest absolute Gasteiger partial charge is 0.164 e. The lowest BCUT2D eigenvalue weighted by molar-refractivity contribution is 0.599. The molecular weight excluding hydrogens is 90.5 g/mol. The van der Waals surface area contributed by atoms with E-state index < -0.39 is 0 Å². The van der Waals surface area contributed by atoms with Crippen molar-refractivity contribution in [2.24, 2.45) is 0 Å². The third-order valence-electron chi connectivity index (χ3n) is 0.554. The van der Waals surface area contributed by atoms with Crippen molar-refractivity contribution in [1.82, 2.24) is 0 Å². The molecule has 1 rings (SSSR count). The van der Waals surface area contributed by atoms with Crippen LogP contribution in [0.15, 0.2) is 0 Å². The molecule has 0 nitrogen and oxygen atoms in total. The summed E-state index contributed by atoms with van der Waals surface area (Å²) in [7, 11) is 0. The first-order chi connectivity index (χ1) is 2.30. The fourth-order valence-corrected chi connectivity index (χ4v) is 0.260. The Labute approximate surface area is 34.9 Å². The van der Waals surface area contributed by atoms with E-state index in [-0.39, 0.29) is 11.5 Å². The van der Waals surface area contributed by atoms with Gasteiger partial charge in [-0.25, -0.2) is 4.39 Å². The lowest BCUT2D eigenvalue weighted by Crippen LogP contribution is -1.55. The zero-order chi connectivity index (χ0) is 3.86. The summed E-state index contributed by atoms with van der Waals surface area (Å²) in [5.74, 6) is 0. The summed E-state index contributed by atoms with van der Waals surface area (Å²) >= 11 is 5.12. The molecule has 0 spiro atoms. The summed E-state index contributed by atoms with van der Waals surface area (Å²) in [4.78, 5) is 0. The Balaban J connectivity index is 2.20. The monoisotopic (exact) mass is 93.0 g/mol. The van der Waals surface area contributed by atoms with Crippen LogP contribution in [0.3, 0.4) is 0 Å². The highest BCUT2D eigenvalue weighted by atomic mass is 35.5. The molecule has 1 aliphatic carbocycles. The van der Waals surface area contributed by atoms with E-state index in [4.69, 9.17) is 11.6 Å². The van der Waals surface area contributed by atoms with Gasteiger partial charge in [0.05, 0.1) is 5.38 Å². The van der Waals surface area contributed by atoms with Crippen molar-refractivity contribution in [3.8, 4) is 0 Å². The van der Waals surface area contributed by atoms with Gasteiger partial charge in [-0.1, -0.05) is 0 Å². The Morgan fingerprint density at radius 3 is 2.20 bits per heavy atom. The van der Waals surface area contributed by atoms with Crippen molar-refractivity contribution in [3.05, 3.63) is 6.17 Å². The van der Waals surface area contributed by atoms with Gasteiger partial charge in [0.1, 0.15) is 0 Å². The van der Waals surface area contributed by atoms with E-state index >= 15 is 0 Å². The third-order valence-corrected chi connectivity index (χ3v) is 0.945. The predicted octanol–water partition coefficient (Wildman–Crippen LogP) is 1.50. The molecule has 1 unspecified atom stereocenters. The van der Waals surface area contributed by atoms with Gasteiger partial charge >= 0.3 is 0 Å². The molecule has 29 valence electrons. The first-order valence-corrected chi connectivity index (χ1v) is 1.89. The molecule has 0 saturated heterocycles. The minimum atomic E-state index is -0.227. The molecule has 5 heavy (non-hydrogen) atoms. The molecule has 0 heterocycles. The van der Waals surface area contributed by atoms with E-state index in [1.807, 2.05) is 0 Å². The standard InChI is InChI=1S/C3H3ClF/c4-2-1-3(2)5/h2H,1H2. The SMILES string of the molecule is F[C]1CC1Cl. The third kappa shape index (κ3) is 0.538. The van der Waals surface area contributed by atoms with Crippen molar-refractivity contribution < 1.29 is 4.39 Å². The minimum absolute atomic E-state index is 0.0633. The van der Waals surface area contributed by atoms with Crippen LogP contribution in [0.5, 0.6) is 0 Å². The molecule has 1 fully saturated rings. The van der Waals surface area contributed by atoms with Crippen molar-refractivity contribution >= 4 is 11.6 Å². The lowest BCUT2D eigenvalue weighted by atomic mass is 10.9. The molecule has 1 atom stereocenters. The van der Waals surface area contributed by atoms with E-state index in [1.165, 1.54) is 0 Å². The van der Waals surface area contributed by atoms with Gasteiger partial charge in [0.25, 0.3) is 0 Å². The zero-order valence-electron chi connectivity index (χ0n) is 2.54. The van der Waals surface area contributed by atoms with Crippen LogP contribution in [0.1, 0.15) is 6.42 Å². The summed E-state index contributed by atoms with van der Waals surface area (Å²) in [6, 6.07) is 0. The first-order valence-electron chi connectivity index (χ1n) is 1.46. The maximum absolute atomic E-state index is 11.3. The molecule has 1 aliphatic rings. The Morgan fingerprint density at radius 1 is 2.00 bits per heavy atom. The minimum Gasteiger partial charge on any atom is -0.239 e. The van der Waals surface area contributed by atoms with Gasteiger partial charge in [0.2, 0.25) is 0 Å². The van der Waals surface area contributed by atoms with Crippen LogP contribution in [0.2, 0.25) is 0 Å².